The van der Waals surface area contributed by atoms with E-state index in [4.69, 9.17) is 9.84 Å². The highest BCUT2D eigenvalue weighted by molar-refractivity contribution is 5.89. The van der Waals surface area contributed by atoms with Crippen molar-refractivity contribution in [3.8, 4) is 0 Å². The van der Waals surface area contributed by atoms with E-state index in [2.05, 4.69) is 0 Å². The van der Waals surface area contributed by atoms with Crippen molar-refractivity contribution in [2.24, 2.45) is 0 Å². The fraction of sp³-hybridized carbons (Fsp3) is 0.417. The molecule has 3 nitrogen and oxygen atoms in total. The Balaban J connectivity index is 2.91. The third kappa shape index (κ3) is 3.36. The number of carbonyl (C=O) groups is 1. The molecular formula is C12H16O3. The second-order valence-corrected chi connectivity index (χ2v) is 3.83. The fourth-order valence-corrected chi connectivity index (χ4v) is 1.27. The lowest BCUT2D eigenvalue weighted by Gasteiger charge is -2.10. The molecule has 82 valence electrons. The monoisotopic (exact) mass is 208 g/mol. The van der Waals surface area contributed by atoms with Crippen LogP contribution in [-0.4, -0.2) is 17.2 Å². The molecule has 0 saturated carbocycles. The number of aromatic carboxylic acids is 1. The normalized spacial score (nSPS) is 10.7. The SMILES string of the molecule is Cc1ccc(COC(C)C)c(C(=O)O)c1. The molecule has 1 N–H and O–H groups in total. The minimum atomic E-state index is -0.902. The molecule has 0 aromatic heterocycles. The Morgan fingerprint density at radius 1 is 1.47 bits per heavy atom. The summed E-state index contributed by atoms with van der Waals surface area (Å²) < 4.78 is 5.40. The van der Waals surface area contributed by atoms with E-state index >= 15 is 0 Å². The number of rotatable bonds is 4. The van der Waals surface area contributed by atoms with Crippen molar-refractivity contribution in [1.29, 1.82) is 0 Å². The van der Waals surface area contributed by atoms with Gasteiger partial charge in [-0.1, -0.05) is 17.7 Å². The molecular weight excluding hydrogens is 192 g/mol. The molecule has 0 unspecified atom stereocenters. The molecule has 1 rings (SSSR count). The number of hydrogen-bond donors (Lipinski definition) is 1. The minimum Gasteiger partial charge on any atom is -0.478 e. The van der Waals surface area contributed by atoms with Gasteiger partial charge in [-0.3, -0.25) is 0 Å². The Morgan fingerprint density at radius 2 is 2.13 bits per heavy atom. The molecule has 15 heavy (non-hydrogen) atoms. The molecule has 0 bridgehead atoms. The van der Waals surface area contributed by atoms with E-state index in [1.54, 1.807) is 12.1 Å². The summed E-state index contributed by atoms with van der Waals surface area (Å²) in [5.74, 6) is -0.902. The summed E-state index contributed by atoms with van der Waals surface area (Å²) >= 11 is 0. The number of aryl methyl sites for hydroxylation is 1. The predicted molar refractivity (Wildman–Crippen MR) is 58.1 cm³/mol. The second kappa shape index (κ2) is 4.94. The Morgan fingerprint density at radius 3 is 2.67 bits per heavy atom. The lowest BCUT2D eigenvalue weighted by molar-refractivity contribution is 0.0606. The quantitative estimate of drug-likeness (QED) is 0.827. The van der Waals surface area contributed by atoms with Crippen molar-refractivity contribution < 1.29 is 14.6 Å². The van der Waals surface area contributed by atoms with E-state index < -0.39 is 5.97 Å². The van der Waals surface area contributed by atoms with Crippen LogP contribution in [0.3, 0.4) is 0 Å². The maximum absolute atomic E-state index is 11.0. The first-order valence-electron chi connectivity index (χ1n) is 4.95. The first-order chi connectivity index (χ1) is 7.00. The van der Waals surface area contributed by atoms with Crippen LogP contribution in [0.5, 0.6) is 0 Å². The molecule has 0 fully saturated rings. The van der Waals surface area contributed by atoms with Gasteiger partial charge in [-0.2, -0.15) is 0 Å². The van der Waals surface area contributed by atoms with Crippen LogP contribution in [0.1, 0.15) is 35.3 Å². The zero-order valence-electron chi connectivity index (χ0n) is 9.28. The van der Waals surface area contributed by atoms with Gasteiger partial charge in [-0.25, -0.2) is 4.79 Å². The van der Waals surface area contributed by atoms with Gasteiger partial charge in [0.05, 0.1) is 18.3 Å². The predicted octanol–water partition coefficient (Wildman–Crippen LogP) is 2.62. The van der Waals surface area contributed by atoms with Gasteiger partial charge >= 0.3 is 5.97 Å². The molecule has 0 atom stereocenters. The maximum atomic E-state index is 11.0. The number of benzene rings is 1. The summed E-state index contributed by atoms with van der Waals surface area (Å²) in [6.07, 6.45) is 0.105. The second-order valence-electron chi connectivity index (χ2n) is 3.83. The van der Waals surface area contributed by atoms with Gasteiger partial charge in [0, 0.05) is 0 Å². The lowest BCUT2D eigenvalue weighted by atomic mass is 10.1. The molecule has 0 aliphatic heterocycles. The molecule has 0 amide bonds. The van der Waals surface area contributed by atoms with Crippen LogP contribution in [0, 0.1) is 6.92 Å². The highest BCUT2D eigenvalue weighted by Gasteiger charge is 2.10. The summed E-state index contributed by atoms with van der Waals surface area (Å²) in [6.45, 7) is 6.07. The number of hydrogen-bond acceptors (Lipinski definition) is 2. The van der Waals surface area contributed by atoms with Gasteiger partial charge in [0.25, 0.3) is 0 Å². The Hall–Kier alpha value is -1.35. The minimum absolute atomic E-state index is 0.105. The summed E-state index contributed by atoms with van der Waals surface area (Å²) in [5.41, 5.74) is 2.00. The van der Waals surface area contributed by atoms with Crippen LogP contribution in [0.25, 0.3) is 0 Å². The van der Waals surface area contributed by atoms with Gasteiger partial charge < -0.3 is 9.84 Å². The first-order valence-corrected chi connectivity index (χ1v) is 4.95. The van der Waals surface area contributed by atoms with Crippen LogP contribution in [0.15, 0.2) is 18.2 Å². The van der Waals surface area contributed by atoms with E-state index in [9.17, 15) is 4.79 Å². The van der Waals surface area contributed by atoms with Crippen LogP contribution in [-0.2, 0) is 11.3 Å². The van der Waals surface area contributed by atoms with Gasteiger partial charge in [0.15, 0.2) is 0 Å². The average molecular weight is 208 g/mol. The standard InChI is InChI=1S/C12H16O3/c1-8(2)15-7-10-5-4-9(3)6-11(10)12(13)14/h4-6,8H,7H2,1-3H3,(H,13,14). The smallest absolute Gasteiger partial charge is 0.336 e. The van der Waals surface area contributed by atoms with Crippen LogP contribution >= 0.6 is 0 Å². The Bertz CT molecular complexity index is 356. The van der Waals surface area contributed by atoms with E-state index in [1.165, 1.54) is 0 Å². The van der Waals surface area contributed by atoms with Crippen molar-refractivity contribution in [1.82, 2.24) is 0 Å². The summed E-state index contributed by atoms with van der Waals surface area (Å²) in [4.78, 5) is 11.0. The molecule has 0 heterocycles. The van der Waals surface area contributed by atoms with Crippen molar-refractivity contribution in [2.45, 2.75) is 33.5 Å². The Labute approximate surface area is 89.7 Å². The van der Waals surface area contributed by atoms with E-state index in [1.807, 2.05) is 26.8 Å². The molecule has 0 aliphatic carbocycles. The Kier molecular flexibility index (Phi) is 3.86. The average Bonchev–Trinajstić information content (AvgIpc) is 2.15. The maximum Gasteiger partial charge on any atom is 0.336 e. The first kappa shape index (κ1) is 11.7. The van der Waals surface area contributed by atoms with Crippen LogP contribution < -0.4 is 0 Å². The molecule has 1 aromatic rings. The lowest BCUT2D eigenvalue weighted by Crippen LogP contribution is -2.08. The number of carboxylic acids is 1. The van der Waals surface area contributed by atoms with Crippen LogP contribution in [0.4, 0.5) is 0 Å². The van der Waals surface area contributed by atoms with E-state index in [0.717, 1.165) is 11.1 Å². The third-order valence-corrected chi connectivity index (χ3v) is 2.07. The van der Waals surface area contributed by atoms with Crippen molar-refractivity contribution in [3.05, 3.63) is 34.9 Å². The molecule has 1 aromatic carbocycles. The highest BCUT2D eigenvalue weighted by Crippen LogP contribution is 2.13. The third-order valence-electron chi connectivity index (χ3n) is 2.07. The number of ether oxygens (including phenoxy) is 1. The molecule has 0 aliphatic rings. The fourth-order valence-electron chi connectivity index (χ4n) is 1.27. The van der Waals surface area contributed by atoms with Gasteiger partial charge in [0.1, 0.15) is 0 Å². The van der Waals surface area contributed by atoms with Crippen molar-refractivity contribution in [3.63, 3.8) is 0 Å². The van der Waals surface area contributed by atoms with Gasteiger partial charge in [-0.15, -0.1) is 0 Å². The topological polar surface area (TPSA) is 46.5 Å². The molecule has 0 spiro atoms. The summed E-state index contributed by atoms with van der Waals surface area (Å²) in [7, 11) is 0. The van der Waals surface area contributed by atoms with Crippen LogP contribution in [0.2, 0.25) is 0 Å². The zero-order chi connectivity index (χ0) is 11.4. The van der Waals surface area contributed by atoms with Crippen molar-refractivity contribution in [2.75, 3.05) is 0 Å². The molecule has 3 heteroatoms. The van der Waals surface area contributed by atoms with E-state index in [0.29, 0.717) is 12.2 Å². The van der Waals surface area contributed by atoms with E-state index in [-0.39, 0.29) is 6.10 Å². The summed E-state index contributed by atoms with van der Waals surface area (Å²) in [6, 6.07) is 5.37. The molecule has 0 saturated heterocycles. The van der Waals surface area contributed by atoms with Gasteiger partial charge in [0.2, 0.25) is 0 Å². The van der Waals surface area contributed by atoms with Crippen molar-refractivity contribution >= 4 is 5.97 Å². The number of carboxylic acid groups (broad SMARTS) is 1. The van der Waals surface area contributed by atoms with Gasteiger partial charge in [-0.05, 0) is 32.4 Å². The largest absolute Gasteiger partial charge is 0.478 e. The highest BCUT2D eigenvalue weighted by atomic mass is 16.5. The summed E-state index contributed by atoms with van der Waals surface area (Å²) in [5, 5.41) is 9.00. The zero-order valence-corrected chi connectivity index (χ0v) is 9.28. The molecule has 0 radical (unpaired) electrons.